The fraction of sp³-hybridized carbons (Fsp3) is 0.267. The maximum absolute atomic E-state index is 9.44. The van der Waals surface area contributed by atoms with Gasteiger partial charge in [-0.3, -0.25) is 9.88 Å². The fourth-order valence-electron chi connectivity index (χ4n) is 2.24. The topological polar surface area (TPSA) is 75.3 Å². The molecule has 0 aliphatic carbocycles. The van der Waals surface area contributed by atoms with Crippen LogP contribution in [0.4, 0.5) is 0 Å². The minimum Gasteiger partial charge on any atom is -0.508 e. The van der Waals surface area contributed by atoms with Crippen LogP contribution < -0.4 is 0 Å². The summed E-state index contributed by atoms with van der Waals surface area (Å²) in [7, 11) is 1.99. The predicted octanol–water partition coefficient (Wildman–Crippen LogP) is 2.26. The molecule has 2 aromatic heterocycles. The third-order valence-corrected chi connectivity index (χ3v) is 3.15. The van der Waals surface area contributed by atoms with Crippen molar-refractivity contribution in [3.05, 3.63) is 47.7 Å². The van der Waals surface area contributed by atoms with Crippen LogP contribution in [0.25, 0.3) is 10.9 Å². The Morgan fingerprint density at radius 3 is 2.86 bits per heavy atom. The van der Waals surface area contributed by atoms with Crippen molar-refractivity contribution in [1.29, 1.82) is 0 Å². The van der Waals surface area contributed by atoms with Crippen molar-refractivity contribution < 1.29 is 9.63 Å². The van der Waals surface area contributed by atoms with Crippen LogP contribution in [0.15, 0.2) is 35.0 Å². The SMILES string of the molecule is Cc1noc(CN(C)Cc2cnc3cc(O)ccc3c2)n1. The Labute approximate surface area is 122 Å². The predicted molar refractivity (Wildman–Crippen MR) is 77.6 cm³/mol. The molecule has 0 spiro atoms. The average Bonchev–Trinajstić information content (AvgIpc) is 2.84. The molecule has 6 nitrogen and oxygen atoms in total. The lowest BCUT2D eigenvalue weighted by Crippen LogP contribution is -2.17. The number of aryl methyl sites for hydroxylation is 1. The van der Waals surface area contributed by atoms with Crippen LogP contribution in [0.5, 0.6) is 5.75 Å². The summed E-state index contributed by atoms with van der Waals surface area (Å²) < 4.78 is 5.11. The normalized spacial score (nSPS) is 11.4. The van der Waals surface area contributed by atoms with E-state index in [0.29, 0.717) is 18.3 Å². The summed E-state index contributed by atoms with van der Waals surface area (Å²) in [6, 6.07) is 7.25. The van der Waals surface area contributed by atoms with Crippen LogP contribution in [-0.2, 0) is 13.1 Å². The first kappa shape index (κ1) is 13.5. The van der Waals surface area contributed by atoms with Gasteiger partial charge in [-0.25, -0.2) is 0 Å². The van der Waals surface area contributed by atoms with Crippen molar-refractivity contribution >= 4 is 10.9 Å². The second kappa shape index (κ2) is 5.49. The molecule has 0 saturated carbocycles. The van der Waals surface area contributed by atoms with Gasteiger partial charge in [0.2, 0.25) is 5.89 Å². The average molecular weight is 284 g/mol. The Morgan fingerprint density at radius 2 is 2.10 bits per heavy atom. The van der Waals surface area contributed by atoms with Gasteiger partial charge in [0, 0.05) is 24.2 Å². The quantitative estimate of drug-likeness (QED) is 0.792. The Kier molecular flexibility index (Phi) is 3.53. The molecule has 1 aromatic carbocycles. The molecule has 3 aromatic rings. The van der Waals surface area contributed by atoms with E-state index >= 15 is 0 Å². The van der Waals surface area contributed by atoms with Crippen molar-refractivity contribution in [3.8, 4) is 5.75 Å². The van der Waals surface area contributed by atoms with E-state index in [1.165, 1.54) is 0 Å². The number of nitrogens with zero attached hydrogens (tertiary/aromatic N) is 4. The highest BCUT2D eigenvalue weighted by Gasteiger charge is 2.08. The standard InChI is InChI=1S/C15H16N4O2/c1-10-17-15(21-18-10)9-19(2)8-11-5-12-3-4-13(20)6-14(12)16-7-11/h3-7,20H,8-9H2,1-2H3. The van der Waals surface area contributed by atoms with E-state index in [0.717, 1.165) is 23.0 Å². The number of hydrogen-bond donors (Lipinski definition) is 1. The molecule has 0 atom stereocenters. The summed E-state index contributed by atoms with van der Waals surface area (Å²) in [6.07, 6.45) is 1.82. The van der Waals surface area contributed by atoms with Crippen LogP contribution in [0, 0.1) is 6.92 Å². The molecule has 0 unspecified atom stereocenters. The highest BCUT2D eigenvalue weighted by atomic mass is 16.5. The van der Waals surface area contributed by atoms with Crippen molar-refractivity contribution in [2.24, 2.45) is 0 Å². The van der Waals surface area contributed by atoms with Gasteiger partial charge in [-0.1, -0.05) is 5.16 Å². The van der Waals surface area contributed by atoms with E-state index in [4.69, 9.17) is 4.52 Å². The second-order valence-electron chi connectivity index (χ2n) is 5.13. The van der Waals surface area contributed by atoms with Crippen molar-refractivity contribution in [1.82, 2.24) is 20.0 Å². The summed E-state index contributed by atoms with van der Waals surface area (Å²) in [5, 5.41) is 14.2. The van der Waals surface area contributed by atoms with Gasteiger partial charge in [-0.15, -0.1) is 0 Å². The largest absolute Gasteiger partial charge is 0.508 e. The second-order valence-corrected chi connectivity index (χ2v) is 5.13. The molecule has 3 rings (SSSR count). The number of phenols is 1. The molecule has 0 saturated heterocycles. The van der Waals surface area contributed by atoms with Gasteiger partial charge in [-0.2, -0.15) is 4.98 Å². The molecule has 1 N–H and O–H groups in total. The van der Waals surface area contributed by atoms with E-state index < -0.39 is 0 Å². The minimum absolute atomic E-state index is 0.228. The maximum atomic E-state index is 9.44. The zero-order valence-electron chi connectivity index (χ0n) is 11.9. The lowest BCUT2D eigenvalue weighted by molar-refractivity contribution is 0.260. The van der Waals surface area contributed by atoms with Gasteiger partial charge in [0.15, 0.2) is 5.82 Å². The first-order valence-electron chi connectivity index (χ1n) is 6.65. The first-order chi connectivity index (χ1) is 10.1. The molecule has 21 heavy (non-hydrogen) atoms. The number of rotatable bonds is 4. The van der Waals surface area contributed by atoms with Crippen LogP contribution in [0.3, 0.4) is 0 Å². The van der Waals surface area contributed by atoms with Gasteiger partial charge >= 0.3 is 0 Å². The van der Waals surface area contributed by atoms with Gasteiger partial charge in [0.05, 0.1) is 12.1 Å². The smallest absolute Gasteiger partial charge is 0.240 e. The maximum Gasteiger partial charge on any atom is 0.240 e. The summed E-state index contributed by atoms with van der Waals surface area (Å²) in [5.41, 5.74) is 1.88. The lowest BCUT2D eigenvalue weighted by atomic mass is 10.1. The number of benzene rings is 1. The zero-order chi connectivity index (χ0) is 14.8. The van der Waals surface area contributed by atoms with Crippen LogP contribution >= 0.6 is 0 Å². The van der Waals surface area contributed by atoms with Crippen molar-refractivity contribution in [3.63, 3.8) is 0 Å². The summed E-state index contributed by atoms with van der Waals surface area (Å²) in [4.78, 5) is 10.6. The molecule has 0 fully saturated rings. The van der Waals surface area contributed by atoms with E-state index in [1.807, 2.05) is 19.3 Å². The monoisotopic (exact) mass is 284 g/mol. The lowest BCUT2D eigenvalue weighted by Gasteiger charge is -2.14. The molecule has 0 aliphatic rings. The number of phenolic OH excluding ortho intramolecular Hbond substituents is 1. The number of fused-ring (bicyclic) bond motifs is 1. The van der Waals surface area contributed by atoms with Crippen molar-refractivity contribution in [2.75, 3.05) is 7.05 Å². The van der Waals surface area contributed by atoms with Crippen LogP contribution in [-0.4, -0.2) is 32.2 Å². The molecule has 0 aliphatic heterocycles. The molecule has 0 amide bonds. The van der Waals surface area contributed by atoms with E-state index in [-0.39, 0.29) is 5.75 Å². The molecular weight excluding hydrogens is 268 g/mol. The fourth-order valence-corrected chi connectivity index (χ4v) is 2.24. The van der Waals surface area contributed by atoms with Crippen LogP contribution in [0.1, 0.15) is 17.3 Å². The first-order valence-corrected chi connectivity index (χ1v) is 6.65. The highest BCUT2D eigenvalue weighted by molar-refractivity contribution is 5.80. The Hall–Kier alpha value is -2.47. The number of hydrogen-bond acceptors (Lipinski definition) is 6. The van der Waals surface area contributed by atoms with E-state index in [1.54, 1.807) is 19.1 Å². The Bertz CT molecular complexity index is 769. The van der Waals surface area contributed by atoms with E-state index in [2.05, 4.69) is 26.1 Å². The molecule has 0 bridgehead atoms. The van der Waals surface area contributed by atoms with Gasteiger partial charge < -0.3 is 9.63 Å². The van der Waals surface area contributed by atoms with Crippen molar-refractivity contribution in [2.45, 2.75) is 20.0 Å². The summed E-state index contributed by atoms with van der Waals surface area (Å²) in [6.45, 7) is 3.12. The Morgan fingerprint density at radius 1 is 1.24 bits per heavy atom. The van der Waals surface area contributed by atoms with Gasteiger partial charge in [0.1, 0.15) is 5.75 Å². The molecule has 2 heterocycles. The number of aromatic hydroxyl groups is 1. The van der Waals surface area contributed by atoms with Gasteiger partial charge in [-0.05, 0) is 37.7 Å². The van der Waals surface area contributed by atoms with Crippen LogP contribution in [0.2, 0.25) is 0 Å². The Balaban J connectivity index is 1.73. The van der Waals surface area contributed by atoms with Gasteiger partial charge in [0.25, 0.3) is 0 Å². The number of aromatic nitrogens is 3. The third-order valence-electron chi connectivity index (χ3n) is 3.15. The van der Waals surface area contributed by atoms with E-state index in [9.17, 15) is 5.11 Å². The third kappa shape index (κ3) is 3.17. The molecule has 108 valence electrons. The summed E-state index contributed by atoms with van der Waals surface area (Å²) >= 11 is 0. The molecule has 6 heteroatoms. The summed E-state index contributed by atoms with van der Waals surface area (Å²) in [5.74, 6) is 1.48. The minimum atomic E-state index is 0.228. The number of pyridine rings is 1. The highest BCUT2D eigenvalue weighted by Crippen LogP contribution is 2.19. The zero-order valence-corrected chi connectivity index (χ0v) is 11.9. The molecular formula is C15H16N4O2. The molecule has 0 radical (unpaired) electrons.